The van der Waals surface area contributed by atoms with Gasteiger partial charge in [0.25, 0.3) is 0 Å². The van der Waals surface area contributed by atoms with E-state index in [1.807, 2.05) is 60.8 Å². The second kappa shape index (κ2) is 6.76. The van der Waals surface area contributed by atoms with Crippen molar-refractivity contribution >= 4 is 16.6 Å². The van der Waals surface area contributed by atoms with Crippen LogP contribution >= 0.6 is 0 Å². The van der Waals surface area contributed by atoms with Gasteiger partial charge in [-0.1, -0.05) is 0 Å². The molecular weight excluding hydrogens is 318 g/mol. The van der Waals surface area contributed by atoms with Gasteiger partial charge in [0.15, 0.2) is 5.69 Å². The summed E-state index contributed by atoms with van der Waals surface area (Å²) in [6.07, 6.45) is 0. The zero-order valence-corrected chi connectivity index (χ0v) is 14.9. The summed E-state index contributed by atoms with van der Waals surface area (Å²) in [6, 6.07) is 11.4. The van der Waals surface area contributed by atoms with Gasteiger partial charge in [0.05, 0.1) is 23.7 Å². The molecule has 25 heavy (non-hydrogen) atoms. The summed E-state index contributed by atoms with van der Waals surface area (Å²) in [5.74, 6) is 1.03. The number of nitrogens with two attached hydrogens (primary N) is 1. The summed E-state index contributed by atoms with van der Waals surface area (Å²) in [5, 5.41) is 21.1. The van der Waals surface area contributed by atoms with Gasteiger partial charge < -0.3 is 19.3 Å². The van der Waals surface area contributed by atoms with E-state index in [0.717, 1.165) is 44.8 Å². The first-order valence-corrected chi connectivity index (χ1v) is 8.09. The van der Waals surface area contributed by atoms with E-state index in [-0.39, 0.29) is 5.75 Å². The Balaban J connectivity index is 2.24. The largest absolute Gasteiger partial charge is 0.508 e. The molecule has 6 nitrogen and oxygen atoms in total. The number of aromatic nitrogens is 1. The van der Waals surface area contributed by atoms with E-state index in [1.54, 1.807) is 13.2 Å². The maximum Gasteiger partial charge on any atom is 0.190 e. The van der Waals surface area contributed by atoms with E-state index in [9.17, 15) is 10.3 Å². The highest BCUT2D eigenvalue weighted by molar-refractivity contribution is 5.94. The van der Waals surface area contributed by atoms with Crippen LogP contribution in [-0.4, -0.2) is 41.0 Å². The summed E-state index contributed by atoms with van der Waals surface area (Å²) < 4.78 is 7.24. The second-order valence-corrected chi connectivity index (χ2v) is 6.40. The minimum Gasteiger partial charge on any atom is -0.508 e. The second-order valence-electron chi connectivity index (χ2n) is 6.40. The van der Waals surface area contributed by atoms with Crippen LogP contribution in [0.5, 0.6) is 11.5 Å². The highest BCUT2D eigenvalue weighted by Gasteiger charge is 2.20. The van der Waals surface area contributed by atoms with E-state index < -0.39 is 0 Å². The van der Waals surface area contributed by atoms with E-state index >= 15 is 0 Å². The van der Waals surface area contributed by atoms with Crippen molar-refractivity contribution in [3.63, 3.8) is 0 Å². The van der Waals surface area contributed by atoms with Crippen LogP contribution in [0.15, 0.2) is 36.4 Å². The molecule has 0 amide bonds. The van der Waals surface area contributed by atoms with E-state index in [1.165, 1.54) is 0 Å². The molecule has 0 aliphatic rings. The first-order valence-electron chi connectivity index (χ1n) is 8.09. The molecule has 3 rings (SSSR count). The van der Waals surface area contributed by atoms with Crippen LogP contribution in [0.2, 0.25) is 0 Å². The fraction of sp³-hybridized carbons (Fsp3) is 0.263. The molecule has 0 saturated heterocycles. The molecule has 132 valence electrons. The lowest BCUT2D eigenvalue weighted by molar-refractivity contribution is -0.825. The fourth-order valence-corrected chi connectivity index (χ4v) is 3.21. The first kappa shape index (κ1) is 17.3. The fourth-order valence-electron chi connectivity index (χ4n) is 3.21. The predicted molar refractivity (Wildman–Crippen MR) is 97.0 cm³/mol. The zero-order chi connectivity index (χ0) is 18.1. The van der Waals surface area contributed by atoms with Crippen molar-refractivity contribution in [1.29, 1.82) is 0 Å². The Kier molecular flexibility index (Phi) is 4.67. The molecule has 1 heterocycles. The third-order valence-corrected chi connectivity index (χ3v) is 4.40. The van der Waals surface area contributed by atoms with Gasteiger partial charge in [-0.3, -0.25) is 0 Å². The number of ether oxygens (including phenoxy) is 1. The molecule has 0 fully saturated rings. The summed E-state index contributed by atoms with van der Waals surface area (Å²) >= 11 is 0. The van der Waals surface area contributed by atoms with Crippen molar-refractivity contribution in [3.05, 3.63) is 47.7 Å². The molecule has 0 aliphatic heterocycles. The average Bonchev–Trinajstić information content (AvgIpc) is 2.85. The number of benzene rings is 2. The third kappa shape index (κ3) is 3.07. The molecule has 1 aromatic heterocycles. The molecule has 4 N–H and O–H groups in total. The Morgan fingerprint density at radius 1 is 1.16 bits per heavy atom. The normalized spacial score (nSPS) is 11.4. The number of fused-ring (bicyclic) bond motifs is 1. The Morgan fingerprint density at radius 2 is 1.84 bits per heavy atom. The maximum absolute atomic E-state index is 10.5. The number of aromatic hydroxyl groups is 1. The predicted octanol–water partition coefficient (Wildman–Crippen LogP) is 2.30. The van der Waals surface area contributed by atoms with Crippen molar-refractivity contribution in [3.8, 4) is 17.2 Å². The molecule has 0 saturated carbocycles. The highest BCUT2D eigenvalue weighted by Crippen LogP contribution is 2.35. The molecule has 0 aliphatic carbocycles. The third-order valence-electron chi connectivity index (χ3n) is 4.40. The Hall–Kier alpha value is -2.54. The van der Waals surface area contributed by atoms with Crippen molar-refractivity contribution in [2.24, 2.45) is 0 Å². The number of methoxy groups -OCH3 is 1. The van der Waals surface area contributed by atoms with Crippen LogP contribution in [0.25, 0.3) is 16.6 Å². The summed E-state index contributed by atoms with van der Waals surface area (Å²) in [6.45, 7) is 2.58. The molecular formula is C19H24N3O3+. The Morgan fingerprint density at radius 3 is 2.40 bits per heavy atom. The number of phenols is 1. The van der Waals surface area contributed by atoms with E-state index in [0.29, 0.717) is 6.54 Å². The van der Waals surface area contributed by atoms with Gasteiger partial charge in [0, 0.05) is 23.9 Å². The molecule has 0 bridgehead atoms. The van der Waals surface area contributed by atoms with Gasteiger partial charge in [0.1, 0.15) is 11.5 Å². The SMILES string of the molecule is COc1ccc(-n2c(C)c([NH2+]O)c3cc(CN(C)C)c(O)cc32)cc1. The maximum atomic E-state index is 10.5. The van der Waals surface area contributed by atoms with Gasteiger partial charge in [-0.25, -0.2) is 5.21 Å². The van der Waals surface area contributed by atoms with Crippen LogP contribution in [0.1, 0.15) is 11.3 Å². The number of nitrogens with zero attached hydrogens (tertiary/aromatic N) is 2. The lowest BCUT2D eigenvalue weighted by Gasteiger charge is -2.12. The lowest BCUT2D eigenvalue weighted by Crippen LogP contribution is -2.74. The van der Waals surface area contributed by atoms with Crippen molar-refractivity contribution < 1.29 is 20.5 Å². The first-order chi connectivity index (χ1) is 12.0. The van der Waals surface area contributed by atoms with Crippen LogP contribution in [0.4, 0.5) is 5.69 Å². The van der Waals surface area contributed by atoms with Gasteiger partial charge in [-0.15, -0.1) is 0 Å². The van der Waals surface area contributed by atoms with Gasteiger partial charge in [-0.05, 0) is 51.4 Å². The number of hydrogen-bond acceptors (Lipinski definition) is 4. The number of rotatable bonds is 5. The molecule has 6 heteroatoms. The summed E-state index contributed by atoms with van der Waals surface area (Å²) in [4.78, 5) is 2.00. The van der Waals surface area contributed by atoms with Crippen LogP contribution in [-0.2, 0) is 6.54 Å². The van der Waals surface area contributed by atoms with Crippen molar-refractivity contribution in [2.45, 2.75) is 13.5 Å². The number of quaternary nitrogens is 1. The van der Waals surface area contributed by atoms with Crippen LogP contribution < -0.4 is 10.2 Å². The van der Waals surface area contributed by atoms with E-state index in [2.05, 4.69) is 0 Å². The standard InChI is InChI=1S/C19H23N3O3/c1-12-19(20-24)16-9-13(11-21(2)3)18(23)10-17(16)22(12)14-5-7-15(25-4)8-6-14/h5-10,20,23-24H,11H2,1-4H3/p+1. The molecule has 0 radical (unpaired) electrons. The average molecular weight is 342 g/mol. The highest BCUT2D eigenvalue weighted by atomic mass is 16.5. The quantitative estimate of drug-likeness (QED) is 0.622. The molecule has 2 aromatic carbocycles. The molecule has 0 spiro atoms. The number of hydrogen-bond donors (Lipinski definition) is 3. The van der Waals surface area contributed by atoms with Crippen molar-refractivity contribution in [2.75, 3.05) is 21.2 Å². The van der Waals surface area contributed by atoms with E-state index in [4.69, 9.17) is 4.74 Å². The number of phenolic OH excluding ortho intramolecular Hbond substituents is 1. The summed E-state index contributed by atoms with van der Waals surface area (Å²) in [7, 11) is 5.54. The molecule has 0 unspecified atom stereocenters. The minimum atomic E-state index is 0.248. The smallest absolute Gasteiger partial charge is 0.190 e. The summed E-state index contributed by atoms with van der Waals surface area (Å²) in [5.41, 5.74) is 5.41. The Bertz CT molecular complexity index is 899. The van der Waals surface area contributed by atoms with Crippen LogP contribution in [0.3, 0.4) is 0 Å². The lowest BCUT2D eigenvalue weighted by atomic mass is 10.1. The Labute approximate surface area is 146 Å². The van der Waals surface area contributed by atoms with Crippen LogP contribution in [0, 0.1) is 6.92 Å². The van der Waals surface area contributed by atoms with Gasteiger partial charge >= 0.3 is 0 Å². The minimum absolute atomic E-state index is 0.248. The monoisotopic (exact) mass is 342 g/mol. The van der Waals surface area contributed by atoms with Crippen molar-refractivity contribution in [1.82, 2.24) is 9.47 Å². The zero-order valence-electron chi connectivity index (χ0n) is 14.9. The van der Waals surface area contributed by atoms with Gasteiger partial charge in [0.2, 0.25) is 0 Å². The molecule has 0 atom stereocenters. The van der Waals surface area contributed by atoms with Gasteiger partial charge in [-0.2, -0.15) is 5.48 Å². The molecule has 3 aromatic rings. The topological polar surface area (TPSA) is 74.5 Å².